The van der Waals surface area contributed by atoms with Gasteiger partial charge in [-0.3, -0.25) is 9.80 Å². The smallest absolute Gasteiger partial charge is 0.159 e. The largest absolute Gasteiger partial charge is 0.390 e. The zero-order valence-corrected chi connectivity index (χ0v) is 7.95. The van der Waals surface area contributed by atoms with Gasteiger partial charge in [0.15, 0.2) is 5.78 Å². The molecule has 0 aliphatic carbocycles. The van der Waals surface area contributed by atoms with Gasteiger partial charge in [0.2, 0.25) is 0 Å². The van der Waals surface area contributed by atoms with Gasteiger partial charge in [-0.05, 0) is 19.1 Å². The van der Waals surface area contributed by atoms with E-state index in [1.165, 1.54) is 0 Å². The highest BCUT2D eigenvalue weighted by atomic mass is 16.3. The molecule has 14 heavy (non-hydrogen) atoms. The van der Waals surface area contributed by atoms with Gasteiger partial charge < -0.3 is 5.11 Å². The minimum absolute atomic E-state index is 0.0357. The van der Waals surface area contributed by atoms with Crippen LogP contribution >= 0.6 is 0 Å². The zero-order chi connectivity index (χ0) is 10.1. The predicted molar refractivity (Wildman–Crippen MR) is 51.9 cm³/mol. The van der Waals surface area contributed by atoms with Crippen LogP contribution in [-0.2, 0) is 4.79 Å². The lowest BCUT2D eigenvalue weighted by molar-refractivity contribution is -0.113. The van der Waals surface area contributed by atoms with Gasteiger partial charge in [0.05, 0.1) is 18.0 Å². The summed E-state index contributed by atoms with van der Waals surface area (Å²) in [6.45, 7) is 2.05. The average molecular weight is 192 g/mol. The SMILES string of the molecule is CC(=O)C1=C2C=CC=C(CO)N2NC1. The lowest BCUT2D eigenvalue weighted by Gasteiger charge is -2.24. The summed E-state index contributed by atoms with van der Waals surface area (Å²) in [5.74, 6) is 0.0684. The Hall–Kier alpha value is -1.39. The van der Waals surface area contributed by atoms with Gasteiger partial charge in [-0.2, -0.15) is 0 Å². The van der Waals surface area contributed by atoms with Crippen molar-refractivity contribution in [2.45, 2.75) is 6.92 Å². The molecule has 2 aliphatic rings. The van der Waals surface area contributed by atoms with Crippen LogP contribution in [0.4, 0.5) is 0 Å². The van der Waals surface area contributed by atoms with Crippen molar-refractivity contribution in [1.82, 2.24) is 10.4 Å². The number of hydrazine groups is 1. The minimum Gasteiger partial charge on any atom is -0.390 e. The molecule has 2 heterocycles. The minimum atomic E-state index is -0.0357. The fourth-order valence-corrected chi connectivity index (χ4v) is 1.65. The molecular formula is C10H12N2O2. The Kier molecular flexibility index (Phi) is 2.23. The quantitative estimate of drug-likeness (QED) is 0.651. The van der Waals surface area contributed by atoms with E-state index in [-0.39, 0.29) is 12.4 Å². The third-order valence-corrected chi connectivity index (χ3v) is 2.38. The van der Waals surface area contributed by atoms with Crippen LogP contribution in [0.2, 0.25) is 0 Å². The molecule has 0 saturated heterocycles. The Morgan fingerprint density at radius 2 is 2.50 bits per heavy atom. The first-order valence-electron chi connectivity index (χ1n) is 4.50. The molecule has 0 fully saturated rings. The maximum absolute atomic E-state index is 11.3. The van der Waals surface area contributed by atoms with Crippen molar-refractivity contribution < 1.29 is 9.90 Å². The van der Waals surface area contributed by atoms with Gasteiger partial charge in [-0.15, -0.1) is 0 Å². The number of Topliss-reactive ketones (excluding diaryl/α,β-unsaturated/α-hetero) is 1. The van der Waals surface area contributed by atoms with Gasteiger partial charge in [-0.1, -0.05) is 6.08 Å². The van der Waals surface area contributed by atoms with E-state index >= 15 is 0 Å². The van der Waals surface area contributed by atoms with Crippen LogP contribution in [0, 0.1) is 0 Å². The molecule has 4 heteroatoms. The molecule has 4 nitrogen and oxygen atoms in total. The standard InChI is InChI=1S/C10H12N2O2/c1-7(14)9-5-11-12-8(6-13)3-2-4-10(9)12/h2-4,11,13H,5-6H2,1H3. The highest BCUT2D eigenvalue weighted by Crippen LogP contribution is 2.24. The number of rotatable bonds is 2. The van der Waals surface area contributed by atoms with Crippen LogP contribution < -0.4 is 5.43 Å². The number of carbonyl (C=O) groups is 1. The molecule has 0 radical (unpaired) electrons. The molecule has 0 saturated carbocycles. The third kappa shape index (κ3) is 1.29. The number of aliphatic hydroxyl groups excluding tert-OH is 1. The van der Waals surface area contributed by atoms with Gasteiger partial charge in [-0.25, -0.2) is 5.43 Å². The zero-order valence-electron chi connectivity index (χ0n) is 7.95. The molecule has 0 aromatic carbocycles. The van der Waals surface area contributed by atoms with Crippen molar-refractivity contribution >= 4 is 5.78 Å². The molecule has 2 rings (SSSR count). The van der Waals surface area contributed by atoms with Crippen LogP contribution in [0.1, 0.15) is 6.92 Å². The van der Waals surface area contributed by atoms with Gasteiger partial charge >= 0.3 is 0 Å². The highest BCUT2D eigenvalue weighted by molar-refractivity contribution is 5.95. The lowest BCUT2D eigenvalue weighted by atomic mass is 10.1. The first-order valence-corrected chi connectivity index (χ1v) is 4.50. The Labute approximate surface area is 82.2 Å². The fourth-order valence-electron chi connectivity index (χ4n) is 1.65. The monoisotopic (exact) mass is 192 g/mol. The molecule has 2 aliphatic heterocycles. The summed E-state index contributed by atoms with van der Waals surface area (Å²) >= 11 is 0. The summed E-state index contributed by atoms with van der Waals surface area (Å²) in [6.07, 6.45) is 5.53. The van der Waals surface area contributed by atoms with Crippen molar-refractivity contribution in [2.24, 2.45) is 0 Å². The second kappa shape index (κ2) is 3.40. The van der Waals surface area contributed by atoms with Crippen LogP contribution in [0.15, 0.2) is 35.2 Å². The number of fused-ring (bicyclic) bond motifs is 1. The van der Waals surface area contributed by atoms with Crippen LogP contribution in [0.5, 0.6) is 0 Å². The summed E-state index contributed by atoms with van der Waals surface area (Å²) in [6, 6.07) is 0. The second-order valence-corrected chi connectivity index (χ2v) is 3.27. The Morgan fingerprint density at radius 1 is 1.71 bits per heavy atom. The molecule has 0 amide bonds. The average Bonchev–Trinajstić information content (AvgIpc) is 2.60. The molecular weight excluding hydrogens is 180 g/mol. The molecule has 0 aromatic heterocycles. The number of allylic oxidation sites excluding steroid dienone is 3. The van der Waals surface area contributed by atoms with Gasteiger partial charge in [0.1, 0.15) is 0 Å². The molecule has 0 atom stereocenters. The number of carbonyl (C=O) groups excluding carboxylic acids is 1. The predicted octanol–water partition coefficient (Wildman–Crippen LogP) is 0.0957. The molecule has 2 N–H and O–H groups in total. The van der Waals surface area contributed by atoms with E-state index in [0.717, 1.165) is 17.0 Å². The summed E-state index contributed by atoms with van der Waals surface area (Å²) in [5.41, 5.74) is 5.43. The normalized spacial score (nSPS) is 19.9. The van der Waals surface area contributed by atoms with Crippen molar-refractivity contribution in [1.29, 1.82) is 0 Å². The maximum Gasteiger partial charge on any atom is 0.159 e. The highest BCUT2D eigenvalue weighted by Gasteiger charge is 2.26. The Balaban J connectivity index is 2.38. The molecule has 74 valence electrons. The lowest BCUT2D eigenvalue weighted by Crippen LogP contribution is -2.33. The number of nitrogens with one attached hydrogen (secondary N) is 1. The van der Waals surface area contributed by atoms with Gasteiger partial charge in [0.25, 0.3) is 0 Å². The number of nitrogens with zero attached hydrogens (tertiary/aromatic N) is 1. The summed E-state index contributed by atoms with van der Waals surface area (Å²) < 4.78 is 0. The molecule has 0 unspecified atom stereocenters. The van der Waals surface area contributed by atoms with Crippen LogP contribution in [0.25, 0.3) is 0 Å². The van der Waals surface area contributed by atoms with Crippen molar-refractivity contribution in [3.63, 3.8) is 0 Å². The van der Waals surface area contributed by atoms with E-state index < -0.39 is 0 Å². The second-order valence-electron chi connectivity index (χ2n) is 3.27. The van der Waals surface area contributed by atoms with Crippen molar-refractivity contribution in [3.05, 3.63) is 35.2 Å². The van der Waals surface area contributed by atoms with Gasteiger partial charge in [0, 0.05) is 12.1 Å². The number of ketones is 1. The van der Waals surface area contributed by atoms with Crippen LogP contribution in [-0.4, -0.2) is 29.1 Å². The third-order valence-electron chi connectivity index (χ3n) is 2.38. The number of hydrogen-bond donors (Lipinski definition) is 2. The van der Waals surface area contributed by atoms with E-state index in [2.05, 4.69) is 5.43 Å². The van der Waals surface area contributed by atoms with E-state index in [9.17, 15) is 4.79 Å². The van der Waals surface area contributed by atoms with Crippen LogP contribution in [0.3, 0.4) is 0 Å². The van der Waals surface area contributed by atoms with E-state index in [0.29, 0.717) is 6.54 Å². The summed E-state index contributed by atoms with van der Waals surface area (Å²) in [5, 5.41) is 10.8. The van der Waals surface area contributed by atoms with Crippen molar-refractivity contribution in [2.75, 3.05) is 13.2 Å². The van der Waals surface area contributed by atoms with E-state index in [4.69, 9.17) is 5.11 Å². The summed E-state index contributed by atoms with van der Waals surface area (Å²) in [7, 11) is 0. The maximum atomic E-state index is 11.3. The Morgan fingerprint density at radius 3 is 3.14 bits per heavy atom. The molecule has 0 spiro atoms. The topological polar surface area (TPSA) is 52.6 Å². The molecule has 0 bridgehead atoms. The van der Waals surface area contributed by atoms with E-state index in [1.807, 2.05) is 18.2 Å². The first-order chi connectivity index (χ1) is 6.74. The summed E-state index contributed by atoms with van der Waals surface area (Å²) in [4.78, 5) is 11.3. The number of aliphatic hydroxyl groups is 1. The Bertz CT molecular complexity index is 366. The first kappa shape index (κ1) is 9.18. The number of hydrogen-bond acceptors (Lipinski definition) is 4. The van der Waals surface area contributed by atoms with E-state index in [1.54, 1.807) is 11.9 Å². The molecule has 0 aromatic rings. The van der Waals surface area contributed by atoms with Crippen molar-refractivity contribution in [3.8, 4) is 0 Å². The fraction of sp³-hybridized carbons (Fsp3) is 0.300.